The first kappa shape index (κ1) is 23.4. The summed E-state index contributed by atoms with van der Waals surface area (Å²) < 4.78 is 1.48. The van der Waals surface area contributed by atoms with E-state index in [1.54, 1.807) is 38.4 Å². The first-order chi connectivity index (χ1) is 17.2. The third-order valence-corrected chi connectivity index (χ3v) is 6.63. The number of aliphatic imine (C=N–C) groups is 1. The lowest BCUT2D eigenvalue weighted by molar-refractivity contribution is -0.115. The highest BCUT2D eigenvalue weighted by Gasteiger charge is 2.34. The molecule has 1 atom stereocenters. The van der Waals surface area contributed by atoms with Gasteiger partial charge in [-0.2, -0.15) is 0 Å². The molecule has 36 heavy (non-hydrogen) atoms. The van der Waals surface area contributed by atoms with E-state index in [2.05, 4.69) is 10.3 Å². The van der Waals surface area contributed by atoms with E-state index < -0.39 is 11.9 Å². The van der Waals surface area contributed by atoms with Crippen LogP contribution in [0.25, 0.3) is 22.3 Å². The highest BCUT2D eigenvalue weighted by Crippen LogP contribution is 2.41. The summed E-state index contributed by atoms with van der Waals surface area (Å²) in [5, 5.41) is 22.8. The maximum atomic E-state index is 12.9. The molecule has 2 heterocycles. The summed E-state index contributed by atoms with van der Waals surface area (Å²) in [5.41, 5.74) is 5.72. The topological polar surface area (TPSA) is 104 Å². The van der Waals surface area contributed by atoms with Gasteiger partial charge in [-0.15, -0.1) is 0 Å². The standard InChI is InChI=1S/C28H22ClN3O4/c1-15(30-18-11-24(28(35)36)32(2)14-18)26-21-12-20(22(29)13-23(21)31-27(26)34)17-9-7-16(8-10-17)19-5-3-4-6-25(19)33/h3-14,26,33H,1-2H3,(H,31,34)(H,35,36). The Bertz CT molecular complexity index is 1550. The van der Waals surface area contributed by atoms with Crippen molar-refractivity contribution in [3.8, 4) is 28.0 Å². The maximum Gasteiger partial charge on any atom is 0.352 e. The van der Waals surface area contributed by atoms with Gasteiger partial charge in [0.25, 0.3) is 0 Å². The van der Waals surface area contributed by atoms with E-state index in [0.717, 1.165) is 27.8 Å². The lowest BCUT2D eigenvalue weighted by Gasteiger charge is -2.12. The van der Waals surface area contributed by atoms with Crippen LogP contribution in [0, 0.1) is 0 Å². The number of aryl methyl sites for hydroxylation is 1. The molecule has 0 saturated carbocycles. The lowest BCUT2D eigenvalue weighted by atomic mass is 9.92. The second kappa shape index (κ2) is 9.02. The Morgan fingerprint density at radius 2 is 1.69 bits per heavy atom. The van der Waals surface area contributed by atoms with Gasteiger partial charge in [0.05, 0.1) is 10.7 Å². The number of aromatic hydroxyl groups is 1. The number of fused-ring (bicyclic) bond motifs is 1. The van der Waals surface area contributed by atoms with Gasteiger partial charge >= 0.3 is 5.97 Å². The number of nitrogens with one attached hydrogen (secondary N) is 1. The van der Waals surface area contributed by atoms with Gasteiger partial charge in [-0.3, -0.25) is 9.79 Å². The number of carbonyl (C=O) groups excluding carboxylic acids is 1. The molecule has 4 aromatic rings. The van der Waals surface area contributed by atoms with Gasteiger partial charge in [-0.1, -0.05) is 54.1 Å². The number of nitrogens with zero attached hydrogens (tertiary/aromatic N) is 2. The predicted octanol–water partition coefficient (Wildman–Crippen LogP) is 6.24. The average Bonchev–Trinajstić information content (AvgIpc) is 3.36. The van der Waals surface area contributed by atoms with E-state index in [1.807, 2.05) is 42.5 Å². The summed E-state index contributed by atoms with van der Waals surface area (Å²) in [6.07, 6.45) is 1.61. The van der Waals surface area contributed by atoms with Crippen molar-refractivity contribution >= 4 is 40.6 Å². The third kappa shape index (κ3) is 4.14. The van der Waals surface area contributed by atoms with Crippen LogP contribution < -0.4 is 5.32 Å². The Labute approximate surface area is 212 Å². The molecule has 0 saturated heterocycles. The predicted molar refractivity (Wildman–Crippen MR) is 141 cm³/mol. The van der Waals surface area contributed by atoms with Crippen molar-refractivity contribution in [2.75, 3.05) is 5.32 Å². The Balaban J connectivity index is 1.51. The van der Waals surface area contributed by atoms with Crippen LogP contribution in [-0.2, 0) is 11.8 Å². The van der Waals surface area contributed by atoms with Crippen molar-refractivity contribution in [3.05, 3.63) is 89.2 Å². The normalized spacial score (nSPS) is 15.0. The number of hydrogen-bond acceptors (Lipinski definition) is 4. The van der Waals surface area contributed by atoms with Crippen LogP contribution in [0.2, 0.25) is 5.02 Å². The second-order valence-corrected chi connectivity index (χ2v) is 9.10. The van der Waals surface area contributed by atoms with Gasteiger partial charge in [0.15, 0.2) is 0 Å². The summed E-state index contributed by atoms with van der Waals surface area (Å²) in [5.74, 6) is -1.70. The Morgan fingerprint density at radius 3 is 2.33 bits per heavy atom. The highest BCUT2D eigenvalue weighted by atomic mass is 35.5. The minimum Gasteiger partial charge on any atom is -0.507 e. The quantitative estimate of drug-likeness (QED) is 0.282. The lowest BCUT2D eigenvalue weighted by Crippen LogP contribution is -2.18. The molecule has 1 unspecified atom stereocenters. The number of para-hydroxylation sites is 1. The number of carboxylic acids is 1. The molecule has 1 aromatic heterocycles. The van der Waals surface area contributed by atoms with E-state index in [9.17, 15) is 19.8 Å². The van der Waals surface area contributed by atoms with Gasteiger partial charge in [0.1, 0.15) is 17.4 Å². The number of benzene rings is 3. The number of phenols is 1. The molecule has 0 aliphatic carbocycles. The van der Waals surface area contributed by atoms with E-state index in [0.29, 0.717) is 22.1 Å². The zero-order valence-corrected chi connectivity index (χ0v) is 20.2. The first-order valence-corrected chi connectivity index (χ1v) is 11.6. The van der Waals surface area contributed by atoms with E-state index in [4.69, 9.17) is 11.6 Å². The fourth-order valence-electron chi connectivity index (χ4n) is 4.56. The minimum atomic E-state index is -1.05. The van der Waals surface area contributed by atoms with Crippen molar-refractivity contribution in [3.63, 3.8) is 0 Å². The number of aromatic nitrogens is 1. The van der Waals surface area contributed by atoms with E-state index >= 15 is 0 Å². The number of amides is 1. The molecule has 1 aliphatic rings. The largest absolute Gasteiger partial charge is 0.507 e. The summed E-state index contributed by atoms with van der Waals surface area (Å²) >= 11 is 6.60. The molecule has 7 nitrogen and oxygen atoms in total. The van der Waals surface area contributed by atoms with Gasteiger partial charge in [-0.05, 0) is 47.9 Å². The SMILES string of the molecule is CC(=Nc1cc(C(=O)O)n(C)c1)C1C(=O)Nc2cc(Cl)c(-c3ccc(-c4ccccc4O)cc3)cc21. The molecular formula is C28H22ClN3O4. The monoisotopic (exact) mass is 499 g/mol. The van der Waals surface area contributed by atoms with Crippen LogP contribution in [0.4, 0.5) is 11.4 Å². The molecule has 1 amide bonds. The van der Waals surface area contributed by atoms with Crippen LogP contribution >= 0.6 is 11.6 Å². The van der Waals surface area contributed by atoms with Crippen molar-refractivity contribution in [1.82, 2.24) is 4.57 Å². The van der Waals surface area contributed by atoms with Crippen LogP contribution in [0.1, 0.15) is 28.9 Å². The average molecular weight is 500 g/mol. The van der Waals surface area contributed by atoms with Crippen molar-refractivity contribution in [1.29, 1.82) is 0 Å². The number of carboxylic acid groups (broad SMARTS) is 1. The summed E-state index contributed by atoms with van der Waals surface area (Å²) in [7, 11) is 1.63. The van der Waals surface area contributed by atoms with Gasteiger partial charge in [0.2, 0.25) is 5.91 Å². The van der Waals surface area contributed by atoms with E-state index in [1.165, 1.54) is 10.6 Å². The van der Waals surface area contributed by atoms with Crippen molar-refractivity contribution < 1.29 is 19.8 Å². The number of anilines is 1. The van der Waals surface area contributed by atoms with Gasteiger partial charge in [0, 0.05) is 35.8 Å². The Kier molecular flexibility index (Phi) is 5.86. The smallest absolute Gasteiger partial charge is 0.352 e. The Morgan fingerprint density at radius 1 is 1.03 bits per heavy atom. The second-order valence-electron chi connectivity index (χ2n) is 8.69. The highest BCUT2D eigenvalue weighted by molar-refractivity contribution is 6.34. The van der Waals surface area contributed by atoms with Crippen LogP contribution in [-0.4, -0.2) is 32.4 Å². The summed E-state index contributed by atoms with van der Waals surface area (Å²) in [6, 6.07) is 19.9. The molecule has 0 bridgehead atoms. The van der Waals surface area contributed by atoms with Gasteiger partial charge < -0.3 is 20.1 Å². The fraction of sp³-hybridized carbons (Fsp3) is 0.107. The molecule has 1 aliphatic heterocycles. The Hall–Kier alpha value is -4.36. The molecule has 5 rings (SSSR count). The fourth-order valence-corrected chi connectivity index (χ4v) is 4.83. The van der Waals surface area contributed by atoms with Crippen LogP contribution in [0.3, 0.4) is 0 Å². The van der Waals surface area contributed by atoms with Crippen LogP contribution in [0.5, 0.6) is 5.75 Å². The maximum absolute atomic E-state index is 12.9. The minimum absolute atomic E-state index is 0.110. The first-order valence-electron chi connectivity index (χ1n) is 11.2. The number of rotatable bonds is 5. The summed E-state index contributed by atoms with van der Waals surface area (Å²) in [6.45, 7) is 1.75. The summed E-state index contributed by atoms with van der Waals surface area (Å²) in [4.78, 5) is 28.8. The third-order valence-electron chi connectivity index (χ3n) is 6.31. The molecule has 3 aromatic carbocycles. The number of phenolic OH excluding ortho intramolecular Hbond substituents is 1. The van der Waals surface area contributed by atoms with Gasteiger partial charge in [-0.25, -0.2) is 4.79 Å². The number of aromatic carboxylic acids is 1. The van der Waals surface area contributed by atoms with Crippen LogP contribution in [0.15, 0.2) is 77.9 Å². The number of carbonyl (C=O) groups is 2. The molecular weight excluding hydrogens is 478 g/mol. The number of halogens is 1. The molecule has 0 fully saturated rings. The molecule has 0 radical (unpaired) electrons. The molecule has 0 spiro atoms. The zero-order valence-electron chi connectivity index (χ0n) is 19.5. The van der Waals surface area contributed by atoms with Crippen molar-refractivity contribution in [2.24, 2.45) is 12.0 Å². The molecule has 3 N–H and O–H groups in total. The molecule has 8 heteroatoms. The van der Waals surface area contributed by atoms with E-state index in [-0.39, 0.29) is 17.4 Å². The van der Waals surface area contributed by atoms with Crippen molar-refractivity contribution in [2.45, 2.75) is 12.8 Å². The number of hydrogen-bond donors (Lipinski definition) is 3. The zero-order chi connectivity index (χ0) is 25.6. The molecule has 180 valence electrons.